The van der Waals surface area contributed by atoms with Crippen LogP contribution in [0.3, 0.4) is 0 Å². The Morgan fingerprint density at radius 1 is 1.02 bits per heavy atom. The van der Waals surface area contributed by atoms with Crippen molar-refractivity contribution >= 4 is 45.7 Å². The first-order valence-corrected chi connectivity index (χ1v) is 16.7. The number of aliphatic hydroxyl groups is 1. The lowest BCUT2D eigenvalue weighted by atomic mass is 9.94. The second kappa shape index (κ2) is 13.0. The smallest absolute Gasteiger partial charge is 0.301 e. The van der Waals surface area contributed by atoms with Gasteiger partial charge in [-0.3, -0.25) is 14.5 Å². The van der Waals surface area contributed by atoms with Crippen LogP contribution in [0.2, 0.25) is 0 Å². The van der Waals surface area contributed by atoms with Gasteiger partial charge in [0.05, 0.1) is 11.6 Å². The molecule has 2 atom stereocenters. The van der Waals surface area contributed by atoms with Crippen LogP contribution in [-0.2, 0) is 28.4 Å². The number of aromatic nitrogens is 2. The minimum Gasteiger partial charge on any atom is -0.507 e. The number of fused-ring (bicyclic) bond motifs is 1. The molecule has 0 radical (unpaired) electrons. The number of amides is 1. The second-order valence-electron chi connectivity index (χ2n) is 11.2. The Bertz CT molecular complexity index is 2010. The number of ketones is 1. The third-order valence-electron chi connectivity index (χ3n) is 7.95. The summed E-state index contributed by atoms with van der Waals surface area (Å²) in [6.45, 7) is 2.28. The van der Waals surface area contributed by atoms with E-state index < -0.39 is 17.7 Å². The molecular formula is C36H28FN3O5S2. The van der Waals surface area contributed by atoms with Crippen molar-refractivity contribution in [1.29, 1.82) is 0 Å². The lowest BCUT2D eigenvalue weighted by molar-refractivity contribution is -0.132. The molecule has 1 aromatic heterocycles. The molecule has 0 unspecified atom stereocenters. The number of hydrogen-bond acceptors (Lipinski definition) is 9. The van der Waals surface area contributed by atoms with Crippen molar-refractivity contribution in [2.45, 2.75) is 42.2 Å². The lowest BCUT2D eigenvalue weighted by Gasteiger charge is -2.23. The van der Waals surface area contributed by atoms with Crippen molar-refractivity contribution in [3.05, 3.63) is 136 Å². The van der Waals surface area contributed by atoms with Crippen LogP contribution < -0.4 is 14.4 Å². The maximum Gasteiger partial charge on any atom is 0.301 e. The van der Waals surface area contributed by atoms with Crippen LogP contribution in [0.25, 0.3) is 5.76 Å². The van der Waals surface area contributed by atoms with Gasteiger partial charge in [0.2, 0.25) is 5.13 Å². The van der Waals surface area contributed by atoms with Gasteiger partial charge in [-0.2, -0.15) is 0 Å². The summed E-state index contributed by atoms with van der Waals surface area (Å²) in [4.78, 5) is 28.8. The van der Waals surface area contributed by atoms with E-state index >= 15 is 0 Å². The van der Waals surface area contributed by atoms with E-state index in [1.165, 1.54) is 22.7 Å². The number of ether oxygens (including phenoxy) is 2. The maximum atomic E-state index is 14.2. The van der Waals surface area contributed by atoms with E-state index in [4.69, 9.17) is 9.47 Å². The summed E-state index contributed by atoms with van der Waals surface area (Å²) in [5.41, 5.74) is 3.27. The number of thioether (sulfide) groups is 1. The van der Waals surface area contributed by atoms with E-state index in [1.807, 2.05) is 37.3 Å². The van der Waals surface area contributed by atoms with Crippen molar-refractivity contribution in [2.24, 2.45) is 0 Å². The number of hydrogen-bond donors (Lipinski definition) is 1. The number of anilines is 1. The van der Waals surface area contributed by atoms with Crippen molar-refractivity contribution in [2.75, 3.05) is 4.90 Å². The largest absolute Gasteiger partial charge is 0.507 e. The van der Waals surface area contributed by atoms with Crippen LogP contribution in [0, 0.1) is 5.82 Å². The zero-order chi connectivity index (χ0) is 32.5. The Morgan fingerprint density at radius 3 is 2.66 bits per heavy atom. The molecule has 2 aliphatic rings. The fourth-order valence-electron chi connectivity index (χ4n) is 5.70. The quantitative estimate of drug-likeness (QED) is 0.0568. The van der Waals surface area contributed by atoms with Gasteiger partial charge in [-0.25, -0.2) is 4.39 Å². The van der Waals surface area contributed by atoms with Crippen LogP contribution in [-0.4, -0.2) is 33.1 Å². The molecule has 236 valence electrons. The summed E-state index contributed by atoms with van der Waals surface area (Å²) in [5.74, 6) is -0.742. The molecule has 1 N–H and O–H groups in total. The molecule has 7 rings (SSSR count). The lowest BCUT2D eigenvalue weighted by Crippen LogP contribution is -2.29. The van der Waals surface area contributed by atoms with Gasteiger partial charge in [0.15, 0.2) is 4.34 Å². The molecule has 0 spiro atoms. The Morgan fingerprint density at radius 2 is 1.83 bits per heavy atom. The zero-order valence-electron chi connectivity index (χ0n) is 25.1. The van der Waals surface area contributed by atoms with Crippen molar-refractivity contribution < 1.29 is 28.6 Å². The Hall–Kier alpha value is -5.00. The highest BCUT2D eigenvalue weighted by atomic mass is 32.2. The van der Waals surface area contributed by atoms with E-state index in [2.05, 4.69) is 10.2 Å². The predicted octanol–water partition coefficient (Wildman–Crippen LogP) is 7.50. The number of rotatable bonds is 9. The molecule has 5 aromatic rings. The number of aliphatic hydroxyl groups excluding tert-OH is 1. The molecular weight excluding hydrogens is 638 g/mol. The fourth-order valence-corrected chi connectivity index (χ4v) is 7.55. The number of nitrogens with zero attached hydrogens (tertiary/aromatic N) is 3. The summed E-state index contributed by atoms with van der Waals surface area (Å²) in [5, 5.41) is 20.4. The monoisotopic (exact) mass is 665 g/mol. The number of Topliss-reactive ketones (excluding diaryl/α,β-unsaturated/α-hetero) is 1. The summed E-state index contributed by atoms with van der Waals surface area (Å²) in [7, 11) is 0. The summed E-state index contributed by atoms with van der Waals surface area (Å²) >= 11 is 2.39. The van der Waals surface area contributed by atoms with Gasteiger partial charge in [0.1, 0.15) is 35.8 Å². The Labute approximate surface area is 278 Å². The highest BCUT2D eigenvalue weighted by molar-refractivity contribution is 8.00. The van der Waals surface area contributed by atoms with E-state index in [0.29, 0.717) is 45.6 Å². The third kappa shape index (κ3) is 6.24. The van der Waals surface area contributed by atoms with Crippen LogP contribution in [0.4, 0.5) is 9.52 Å². The van der Waals surface area contributed by atoms with E-state index in [-0.39, 0.29) is 28.4 Å². The Kier molecular flexibility index (Phi) is 8.48. The van der Waals surface area contributed by atoms with Crippen LogP contribution in [0.5, 0.6) is 11.5 Å². The second-order valence-corrected chi connectivity index (χ2v) is 13.4. The first-order valence-electron chi connectivity index (χ1n) is 14.9. The molecule has 4 aromatic carbocycles. The van der Waals surface area contributed by atoms with Crippen molar-refractivity contribution in [1.82, 2.24) is 10.2 Å². The molecule has 8 nitrogen and oxygen atoms in total. The van der Waals surface area contributed by atoms with Crippen LogP contribution in [0.1, 0.15) is 40.8 Å². The standard InChI is InChI=1S/C36H28FN3O5S2/c1-21-16-26-17-24(14-15-29(26)45-21)32(41)30-31(23-11-7-12-27(18-23)44-19-22-8-3-2-4-9-22)40(34(43)33(30)42)35-38-39-36(47-35)46-20-25-10-5-6-13-28(25)37/h2-15,17-18,21,31,41H,16,19-20H2,1H3/b32-30+/t21-,31-/m1/s1. The minimum atomic E-state index is -1.02. The minimum absolute atomic E-state index is 0.00514. The molecule has 2 aliphatic heterocycles. The molecule has 11 heteroatoms. The van der Waals surface area contributed by atoms with Gasteiger partial charge in [0, 0.05) is 17.7 Å². The first-order chi connectivity index (χ1) is 22.9. The summed E-state index contributed by atoms with van der Waals surface area (Å²) in [6, 6.07) is 27.5. The molecule has 0 saturated carbocycles. The molecule has 1 saturated heterocycles. The third-order valence-corrected chi connectivity index (χ3v) is 10.1. The summed E-state index contributed by atoms with van der Waals surface area (Å²) < 4.78 is 26.6. The highest BCUT2D eigenvalue weighted by Crippen LogP contribution is 2.45. The molecule has 47 heavy (non-hydrogen) atoms. The van der Waals surface area contributed by atoms with Gasteiger partial charge in [-0.1, -0.05) is 83.8 Å². The average Bonchev–Trinajstić information content (AvgIpc) is 3.78. The van der Waals surface area contributed by atoms with Gasteiger partial charge in [-0.15, -0.1) is 10.2 Å². The zero-order valence-corrected chi connectivity index (χ0v) is 26.8. The van der Waals surface area contributed by atoms with E-state index in [9.17, 15) is 19.1 Å². The number of halogens is 1. The molecule has 3 heterocycles. The van der Waals surface area contributed by atoms with Gasteiger partial charge >= 0.3 is 5.91 Å². The average molecular weight is 666 g/mol. The fraction of sp³-hybridized carbons (Fsp3) is 0.167. The maximum absolute atomic E-state index is 14.2. The molecule has 0 aliphatic carbocycles. The van der Waals surface area contributed by atoms with E-state index in [0.717, 1.165) is 28.2 Å². The first kappa shape index (κ1) is 30.6. The van der Waals surface area contributed by atoms with Crippen LogP contribution >= 0.6 is 23.1 Å². The molecule has 1 amide bonds. The normalized spacial score (nSPS) is 18.3. The van der Waals surface area contributed by atoms with Gasteiger partial charge in [-0.05, 0) is 65.6 Å². The van der Waals surface area contributed by atoms with E-state index in [1.54, 1.807) is 60.7 Å². The summed E-state index contributed by atoms with van der Waals surface area (Å²) in [6.07, 6.45) is 0.655. The molecule has 0 bridgehead atoms. The number of carbonyl (C=O) groups is 2. The molecule has 1 fully saturated rings. The predicted molar refractivity (Wildman–Crippen MR) is 178 cm³/mol. The number of carbonyl (C=O) groups excluding carboxylic acids is 2. The highest BCUT2D eigenvalue weighted by Gasteiger charge is 2.48. The Balaban J connectivity index is 1.26. The van der Waals surface area contributed by atoms with Crippen LogP contribution in [0.15, 0.2) is 107 Å². The van der Waals surface area contributed by atoms with Gasteiger partial charge in [0.25, 0.3) is 5.78 Å². The van der Waals surface area contributed by atoms with Crippen molar-refractivity contribution in [3.63, 3.8) is 0 Å². The SMILES string of the molecule is C[C@@H]1Cc2cc(/C(O)=C3\C(=O)C(=O)N(c4nnc(SCc5ccccc5F)s4)[C@@H]3c3cccc(OCc4ccccc4)c3)ccc2O1. The van der Waals surface area contributed by atoms with Gasteiger partial charge < -0.3 is 14.6 Å². The van der Waals surface area contributed by atoms with Crippen molar-refractivity contribution in [3.8, 4) is 11.5 Å². The number of benzene rings is 4. The topological polar surface area (TPSA) is 102 Å².